The molecule has 0 aliphatic carbocycles. The Morgan fingerprint density at radius 3 is 2.38 bits per heavy atom. The minimum atomic E-state index is -0.526. The zero-order valence-electron chi connectivity index (χ0n) is 13.6. The van der Waals surface area contributed by atoms with Crippen LogP contribution in [0.25, 0.3) is 0 Å². The van der Waals surface area contributed by atoms with Gasteiger partial charge in [0.2, 0.25) is 5.91 Å². The number of anilines is 1. The molecule has 0 unspecified atom stereocenters. The molecule has 1 amide bonds. The fraction of sp³-hybridized carbons (Fsp3) is 0.263. The Bertz CT molecular complexity index is 765. The van der Waals surface area contributed by atoms with Crippen LogP contribution in [-0.4, -0.2) is 18.4 Å². The number of halogens is 1. The van der Waals surface area contributed by atoms with Gasteiger partial charge in [0.1, 0.15) is 11.6 Å². The van der Waals surface area contributed by atoms with Crippen LogP contribution in [0.4, 0.5) is 10.1 Å². The minimum Gasteiger partial charge on any atom is -0.426 e. The van der Waals surface area contributed by atoms with Crippen molar-refractivity contribution in [2.24, 2.45) is 5.92 Å². The number of carbonyl (C=O) groups is 2. The van der Waals surface area contributed by atoms with Crippen LogP contribution in [-0.2, 0) is 9.59 Å². The summed E-state index contributed by atoms with van der Waals surface area (Å²) in [5.41, 5.74) is 2.34. The fourth-order valence-electron chi connectivity index (χ4n) is 2.88. The van der Waals surface area contributed by atoms with Crippen molar-refractivity contribution in [1.82, 2.24) is 0 Å². The van der Waals surface area contributed by atoms with Crippen molar-refractivity contribution >= 4 is 17.6 Å². The average molecular weight is 327 g/mol. The van der Waals surface area contributed by atoms with Gasteiger partial charge in [-0.2, -0.15) is 0 Å². The second-order valence-corrected chi connectivity index (χ2v) is 6.02. The van der Waals surface area contributed by atoms with Crippen molar-refractivity contribution < 1.29 is 18.7 Å². The van der Waals surface area contributed by atoms with Crippen molar-refractivity contribution in [3.63, 3.8) is 0 Å². The first kappa shape index (κ1) is 16.2. The summed E-state index contributed by atoms with van der Waals surface area (Å²) in [6.45, 7) is 3.99. The van der Waals surface area contributed by atoms with Gasteiger partial charge in [-0.25, -0.2) is 4.39 Å². The van der Waals surface area contributed by atoms with Gasteiger partial charge < -0.3 is 9.64 Å². The third-order valence-corrected chi connectivity index (χ3v) is 4.21. The number of amides is 1. The number of carbonyl (C=O) groups excluding carboxylic acids is 2. The number of aryl methyl sites for hydroxylation is 2. The highest BCUT2D eigenvalue weighted by atomic mass is 19.1. The molecule has 1 aliphatic heterocycles. The molecule has 0 saturated carbocycles. The van der Waals surface area contributed by atoms with Gasteiger partial charge in [-0.3, -0.25) is 9.59 Å². The van der Waals surface area contributed by atoms with E-state index >= 15 is 0 Å². The number of ether oxygens (including phenoxy) is 1. The quantitative estimate of drug-likeness (QED) is 0.641. The van der Waals surface area contributed by atoms with Gasteiger partial charge in [-0.15, -0.1) is 0 Å². The lowest BCUT2D eigenvalue weighted by Crippen LogP contribution is -2.27. The minimum absolute atomic E-state index is 0.0984. The Hall–Kier alpha value is -2.69. The van der Waals surface area contributed by atoms with E-state index in [4.69, 9.17) is 4.74 Å². The normalized spacial score (nSPS) is 17.2. The second-order valence-electron chi connectivity index (χ2n) is 6.02. The molecule has 24 heavy (non-hydrogen) atoms. The van der Waals surface area contributed by atoms with E-state index in [9.17, 15) is 14.0 Å². The largest absolute Gasteiger partial charge is 0.426 e. The summed E-state index contributed by atoms with van der Waals surface area (Å²) in [4.78, 5) is 26.1. The van der Waals surface area contributed by atoms with Crippen LogP contribution in [0.3, 0.4) is 0 Å². The fourth-order valence-corrected chi connectivity index (χ4v) is 2.88. The zero-order valence-corrected chi connectivity index (χ0v) is 13.6. The van der Waals surface area contributed by atoms with E-state index in [0.717, 1.165) is 11.1 Å². The van der Waals surface area contributed by atoms with Crippen LogP contribution < -0.4 is 9.64 Å². The number of para-hydroxylation sites is 1. The van der Waals surface area contributed by atoms with Gasteiger partial charge in [0.15, 0.2) is 0 Å². The summed E-state index contributed by atoms with van der Waals surface area (Å²) >= 11 is 0. The van der Waals surface area contributed by atoms with Crippen LogP contribution in [0.2, 0.25) is 0 Å². The van der Waals surface area contributed by atoms with Crippen molar-refractivity contribution in [3.05, 3.63) is 59.4 Å². The maximum atomic E-state index is 13.0. The zero-order chi connectivity index (χ0) is 17.3. The molecule has 0 spiro atoms. The Morgan fingerprint density at radius 1 is 1.12 bits per heavy atom. The second kappa shape index (κ2) is 6.43. The molecule has 0 aromatic heterocycles. The van der Waals surface area contributed by atoms with Crippen LogP contribution in [0.15, 0.2) is 42.5 Å². The number of nitrogens with zero attached hydrogens (tertiary/aromatic N) is 1. The van der Waals surface area contributed by atoms with Gasteiger partial charge in [0.05, 0.1) is 5.92 Å². The SMILES string of the molecule is Cc1cccc(C)c1OC(=O)[C@@H]1CC(=O)N(c2ccc(F)cc2)C1. The summed E-state index contributed by atoms with van der Waals surface area (Å²) in [6, 6.07) is 11.3. The third kappa shape index (κ3) is 3.15. The number of rotatable bonds is 3. The molecule has 1 saturated heterocycles. The lowest BCUT2D eigenvalue weighted by molar-refractivity contribution is -0.139. The summed E-state index contributed by atoms with van der Waals surface area (Å²) in [5, 5.41) is 0. The summed E-state index contributed by atoms with van der Waals surface area (Å²) < 4.78 is 18.5. The van der Waals surface area contributed by atoms with Gasteiger partial charge >= 0.3 is 5.97 Å². The lowest BCUT2D eigenvalue weighted by atomic mass is 10.1. The highest BCUT2D eigenvalue weighted by Gasteiger charge is 2.36. The third-order valence-electron chi connectivity index (χ3n) is 4.21. The van der Waals surface area contributed by atoms with Gasteiger partial charge in [-0.05, 0) is 49.2 Å². The summed E-state index contributed by atoms with van der Waals surface area (Å²) in [7, 11) is 0. The maximum Gasteiger partial charge on any atom is 0.316 e. The van der Waals surface area contributed by atoms with Crippen LogP contribution in [0, 0.1) is 25.6 Å². The first-order chi connectivity index (χ1) is 11.5. The molecule has 5 heteroatoms. The van der Waals surface area contributed by atoms with Crippen LogP contribution in [0.1, 0.15) is 17.5 Å². The highest BCUT2D eigenvalue weighted by Crippen LogP contribution is 2.28. The molecule has 2 aromatic carbocycles. The van der Waals surface area contributed by atoms with Crippen molar-refractivity contribution in [2.45, 2.75) is 20.3 Å². The predicted octanol–water partition coefficient (Wildman–Crippen LogP) is 3.40. The molecular weight excluding hydrogens is 309 g/mol. The van der Waals surface area contributed by atoms with Gasteiger partial charge in [-0.1, -0.05) is 18.2 Å². The van der Waals surface area contributed by atoms with Crippen molar-refractivity contribution in [1.29, 1.82) is 0 Å². The van der Waals surface area contributed by atoms with E-state index in [1.807, 2.05) is 32.0 Å². The Labute approximate surface area is 139 Å². The standard InChI is InChI=1S/C19H18FNO3/c1-12-4-3-5-13(2)18(12)24-19(23)14-10-17(22)21(11-14)16-8-6-15(20)7-9-16/h3-9,14H,10-11H2,1-2H3/t14-/m1/s1. The molecule has 4 nitrogen and oxygen atoms in total. The molecule has 1 heterocycles. The molecule has 0 N–H and O–H groups in total. The molecule has 2 aromatic rings. The Morgan fingerprint density at radius 2 is 1.75 bits per heavy atom. The van der Waals surface area contributed by atoms with Crippen LogP contribution in [0.5, 0.6) is 5.75 Å². The molecule has 0 bridgehead atoms. The molecule has 1 aliphatic rings. The van der Waals surface area contributed by atoms with Crippen molar-refractivity contribution in [3.8, 4) is 5.75 Å². The molecule has 0 radical (unpaired) electrons. The number of esters is 1. The topological polar surface area (TPSA) is 46.6 Å². The first-order valence-electron chi connectivity index (χ1n) is 7.79. The van der Waals surface area contributed by atoms with E-state index in [1.54, 1.807) is 0 Å². The average Bonchev–Trinajstić information content (AvgIpc) is 2.94. The first-order valence-corrected chi connectivity index (χ1v) is 7.79. The number of hydrogen-bond donors (Lipinski definition) is 0. The van der Waals surface area contributed by atoms with Crippen molar-refractivity contribution in [2.75, 3.05) is 11.4 Å². The molecule has 124 valence electrons. The van der Waals surface area contributed by atoms with Gasteiger partial charge in [0.25, 0.3) is 0 Å². The highest BCUT2D eigenvalue weighted by molar-refractivity contribution is 5.99. The maximum absolute atomic E-state index is 13.0. The smallest absolute Gasteiger partial charge is 0.316 e. The predicted molar refractivity (Wildman–Crippen MR) is 88.4 cm³/mol. The van der Waals surface area contributed by atoms with E-state index in [2.05, 4.69) is 0 Å². The monoisotopic (exact) mass is 327 g/mol. The Kier molecular flexibility index (Phi) is 4.34. The van der Waals surface area contributed by atoms with Gasteiger partial charge in [0, 0.05) is 18.7 Å². The van der Waals surface area contributed by atoms with E-state index in [0.29, 0.717) is 11.4 Å². The number of hydrogen-bond acceptors (Lipinski definition) is 3. The molecule has 1 fully saturated rings. The molecular formula is C19H18FNO3. The van der Waals surface area contributed by atoms with E-state index in [1.165, 1.54) is 29.2 Å². The summed E-state index contributed by atoms with van der Waals surface area (Å²) in [5.74, 6) is -0.913. The molecule has 1 atom stereocenters. The lowest BCUT2D eigenvalue weighted by Gasteiger charge is -2.17. The molecule has 3 rings (SSSR count). The number of benzene rings is 2. The van der Waals surface area contributed by atoms with Crippen LogP contribution >= 0.6 is 0 Å². The summed E-state index contributed by atoms with van der Waals surface area (Å²) in [6.07, 6.45) is 0.0984. The van der Waals surface area contributed by atoms with E-state index < -0.39 is 11.9 Å². The van der Waals surface area contributed by atoms with E-state index in [-0.39, 0.29) is 24.7 Å². The Balaban J connectivity index is 1.73.